The highest BCUT2D eigenvalue weighted by Gasteiger charge is 2.53. The molecule has 1 spiro atoms. The quantitative estimate of drug-likeness (QED) is 0.826. The summed E-state index contributed by atoms with van der Waals surface area (Å²) in [5.74, 6) is 1.44. The molecule has 6 heteroatoms. The van der Waals surface area contributed by atoms with Crippen LogP contribution in [0.3, 0.4) is 0 Å². The molecule has 2 fully saturated rings. The third-order valence-electron chi connectivity index (χ3n) is 5.23. The van der Waals surface area contributed by atoms with E-state index in [1.807, 2.05) is 25.4 Å². The van der Waals surface area contributed by atoms with E-state index >= 15 is 0 Å². The van der Waals surface area contributed by atoms with E-state index in [0.717, 1.165) is 55.2 Å². The van der Waals surface area contributed by atoms with Crippen LogP contribution in [0.2, 0.25) is 0 Å². The van der Waals surface area contributed by atoms with Crippen molar-refractivity contribution in [2.24, 2.45) is 4.99 Å². The van der Waals surface area contributed by atoms with Crippen molar-refractivity contribution in [1.29, 1.82) is 0 Å². The van der Waals surface area contributed by atoms with Crippen LogP contribution in [-0.2, 0) is 0 Å². The highest BCUT2D eigenvalue weighted by atomic mass is 19.1. The van der Waals surface area contributed by atoms with Gasteiger partial charge in [-0.05, 0) is 37.5 Å². The average molecular weight is 323 g/mol. The zero-order chi connectivity index (χ0) is 16.3. The van der Waals surface area contributed by atoms with E-state index in [4.69, 9.17) is 0 Å². The third kappa shape index (κ3) is 1.95. The van der Waals surface area contributed by atoms with Gasteiger partial charge >= 0.3 is 0 Å². The molecule has 0 radical (unpaired) electrons. The zero-order valence-corrected chi connectivity index (χ0v) is 13.5. The molecule has 1 aliphatic carbocycles. The minimum absolute atomic E-state index is 0.0608. The maximum absolute atomic E-state index is 14.1. The summed E-state index contributed by atoms with van der Waals surface area (Å²) in [6.07, 6.45) is 5.93. The number of aromatic nitrogens is 2. The largest absolute Gasteiger partial charge is 0.347 e. The lowest BCUT2D eigenvalue weighted by Gasteiger charge is -2.44. The molecule has 0 unspecified atom stereocenters. The van der Waals surface area contributed by atoms with E-state index in [1.165, 1.54) is 6.07 Å². The Morgan fingerprint density at radius 3 is 2.62 bits per heavy atom. The topological polar surface area (TPSA) is 44.6 Å². The van der Waals surface area contributed by atoms with Crippen molar-refractivity contribution < 1.29 is 4.39 Å². The molecule has 5 rings (SSSR count). The minimum atomic E-state index is -0.169. The van der Waals surface area contributed by atoms with Crippen LogP contribution in [-0.4, -0.2) is 40.0 Å². The first-order valence-electron chi connectivity index (χ1n) is 8.35. The van der Waals surface area contributed by atoms with Gasteiger partial charge in [-0.2, -0.15) is 0 Å². The minimum Gasteiger partial charge on any atom is -0.347 e. The van der Waals surface area contributed by atoms with E-state index in [2.05, 4.69) is 24.8 Å². The highest BCUT2D eigenvalue weighted by Crippen LogP contribution is 2.47. The highest BCUT2D eigenvalue weighted by molar-refractivity contribution is 5.52. The second-order valence-electron chi connectivity index (χ2n) is 6.93. The standard InChI is InChI=1S/C18H18FN5/c1-12-9-20-17(21-10-12)23-7-8-24(18(11-23)5-6-18)16-15-13(19)3-2-4-14(15)22-16/h2-4,9-10H,5-8,11H2,1H3. The Labute approximate surface area is 139 Å². The smallest absolute Gasteiger partial charge is 0.225 e. The molecule has 0 bridgehead atoms. The van der Waals surface area contributed by atoms with E-state index in [1.54, 1.807) is 6.07 Å². The SMILES string of the molecule is Cc1cnc(N2CCN(C3=c4c(F)cccc4=N3)C3(CC3)C2)nc1. The third-order valence-corrected chi connectivity index (χ3v) is 5.23. The number of anilines is 1. The molecule has 0 N–H and O–H groups in total. The van der Waals surface area contributed by atoms with Crippen LogP contribution in [0.25, 0.3) is 5.82 Å². The molecule has 122 valence electrons. The summed E-state index contributed by atoms with van der Waals surface area (Å²) < 4.78 is 14.1. The van der Waals surface area contributed by atoms with Gasteiger partial charge < -0.3 is 9.80 Å². The predicted octanol–water partition coefficient (Wildman–Crippen LogP) is 0.978. The zero-order valence-electron chi connectivity index (χ0n) is 13.5. The summed E-state index contributed by atoms with van der Waals surface area (Å²) in [6, 6.07) is 5.11. The van der Waals surface area contributed by atoms with Gasteiger partial charge in [0.1, 0.15) is 11.6 Å². The van der Waals surface area contributed by atoms with Gasteiger partial charge in [0.2, 0.25) is 5.95 Å². The van der Waals surface area contributed by atoms with Crippen molar-refractivity contribution in [3.8, 4) is 0 Å². The van der Waals surface area contributed by atoms with E-state index < -0.39 is 0 Å². The van der Waals surface area contributed by atoms with E-state index in [-0.39, 0.29) is 11.4 Å². The Balaban J connectivity index is 1.46. The molecule has 2 aromatic rings. The van der Waals surface area contributed by atoms with Gasteiger partial charge in [0, 0.05) is 32.0 Å². The number of hydrogen-bond donors (Lipinski definition) is 0. The number of nitrogens with zero attached hydrogens (tertiary/aromatic N) is 5. The fourth-order valence-electron chi connectivity index (χ4n) is 3.74. The second kappa shape index (κ2) is 4.75. The van der Waals surface area contributed by atoms with Crippen molar-refractivity contribution in [3.63, 3.8) is 0 Å². The van der Waals surface area contributed by atoms with Crippen LogP contribution in [0.4, 0.5) is 10.3 Å². The molecule has 3 heterocycles. The van der Waals surface area contributed by atoms with Crippen molar-refractivity contribution in [3.05, 3.63) is 52.5 Å². The maximum atomic E-state index is 14.1. The lowest BCUT2D eigenvalue weighted by atomic mass is 10.1. The summed E-state index contributed by atoms with van der Waals surface area (Å²) in [7, 11) is 0. The first-order valence-corrected chi connectivity index (χ1v) is 8.35. The predicted molar refractivity (Wildman–Crippen MR) is 88.2 cm³/mol. The normalized spacial score (nSPS) is 20.5. The molecule has 5 nitrogen and oxygen atoms in total. The van der Waals surface area contributed by atoms with Crippen molar-refractivity contribution in [2.45, 2.75) is 25.3 Å². The van der Waals surface area contributed by atoms with Gasteiger partial charge in [-0.1, -0.05) is 6.07 Å². The number of benzene rings is 1. The van der Waals surface area contributed by atoms with Gasteiger partial charge in [-0.3, -0.25) is 0 Å². The number of rotatable bonds is 2. The lowest BCUT2D eigenvalue weighted by molar-refractivity contribution is 0.234. The van der Waals surface area contributed by atoms with Crippen molar-refractivity contribution in [1.82, 2.24) is 14.9 Å². The molecule has 2 aliphatic heterocycles. The van der Waals surface area contributed by atoms with Crippen LogP contribution in [0.1, 0.15) is 18.4 Å². The first kappa shape index (κ1) is 13.9. The van der Waals surface area contributed by atoms with Gasteiger partial charge in [0.25, 0.3) is 0 Å². The van der Waals surface area contributed by atoms with Crippen LogP contribution in [0, 0.1) is 12.7 Å². The summed E-state index contributed by atoms with van der Waals surface area (Å²) in [5, 5.41) is 1.45. The molecular weight excluding hydrogens is 305 g/mol. The maximum Gasteiger partial charge on any atom is 0.225 e. The number of hydrogen-bond acceptors (Lipinski definition) is 5. The molecule has 1 aromatic heterocycles. The van der Waals surface area contributed by atoms with Crippen molar-refractivity contribution in [2.75, 3.05) is 24.5 Å². The summed E-state index contributed by atoms with van der Waals surface area (Å²) in [6.45, 7) is 4.52. The molecule has 24 heavy (non-hydrogen) atoms. The monoisotopic (exact) mass is 323 g/mol. The molecular formula is C18H18FN5. The number of piperazine rings is 1. The Bertz CT molecular complexity index is 933. The molecule has 1 aromatic carbocycles. The fourth-order valence-corrected chi connectivity index (χ4v) is 3.74. The number of halogens is 1. The Hall–Kier alpha value is -2.50. The van der Waals surface area contributed by atoms with Crippen LogP contribution < -0.4 is 15.5 Å². The summed E-state index contributed by atoms with van der Waals surface area (Å²) in [4.78, 5) is 18.0. The first-order chi connectivity index (χ1) is 11.7. The molecule has 1 saturated heterocycles. The van der Waals surface area contributed by atoms with Crippen LogP contribution >= 0.6 is 0 Å². The lowest BCUT2D eigenvalue weighted by Crippen LogP contribution is -2.58. The van der Waals surface area contributed by atoms with Gasteiger partial charge in [-0.15, -0.1) is 0 Å². The summed E-state index contributed by atoms with van der Waals surface area (Å²) in [5.41, 5.74) is 1.13. The summed E-state index contributed by atoms with van der Waals surface area (Å²) >= 11 is 0. The Morgan fingerprint density at radius 2 is 1.92 bits per heavy atom. The Kier molecular flexibility index (Phi) is 2.75. The van der Waals surface area contributed by atoms with E-state index in [0.29, 0.717) is 5.22 Å². The van der Waals surface area contributed by atoms with Gasteiger partial charge in [0.15, 0.2) is 0 Å². The molecule has 0 amide bonds. The van der Waals surface area contributed by atoms with Gasteiger partial charge in [0.05, 0.1) is 16.1 Å². The average Bonchev–Trinajstić information content (AvgIpc) is 3.31. The second-order valence-corrected chi connectivity index (χ2v) is 6.93. The molecule has 0 atom stereocenters. The molecule has 3 aliphatic rings. The molecule has 1 saturated carbocycles. The van der Waals surface area contributed by atoms with E-state index in [9.17, 15) is 4.39 Å². The van der Waals surface area contributed by atoms with Crippen LogP contribution in [0.15, 0.2) is 35.6 Å². The van der Waals surface area contributed by atoms with Crippen molar-refractivity contribution >= 4 is 11.8 Å². The number of aryl methyl sites for hydroxylation is 1. The Morgan fingerprint density at radius 1 is 1.12 bits per heavy atom. The van der Waals surface area contributed by atoms with Gasteiger partial charge in [-0.25, -0.2) is 19.4 Å². The van der Waals surface area contributed by atoms with Crippen LogP contribution in [0.5, 0.6) is 0 Å². The number of fused-ring (bicyclic) bond motifs is 1. The fraction of sp³-hybridized carbons (Fsp3) is 0.389.